The third-order valence-electron chi connectivity index (χ3n) is 3.72. The molecule has 1 nitrogen and oxygen atoms in total. The Morgan fingerprint density at radius 2 is 2.08 bits per heavy atom. The second-order valence-corrected chi connectivity index (χ2v) is 4.83. The Morgan fingerprint density at radius 1 is 1.33 bits per heavy atom. The van der Waals surface area contributed by atoms with Gasteiger partial charge in [-0.15, -0.1) is 0 Å². The van der Waals surface area contributed by atoms with Crippen molar-refractivity contribution in [2.24, 2.45) is 11.3 Å². The summed E-state index contributed by atoms with van der Waals surface area (Å²) >= 11 is 0. The van der Waals surface area contributed by atoms with Gasteiger partial charge in [-0.3, -0.25) is 0 Å². The maximum absolute atomic E-state index is 3.52. The molecule has 2 fully saturated rings. The minimum atomic E-state index is 0.874. The average Bonchev–Trinajstić information content (AvgIpc) is 1.90. The van der Waals surface area contributed by atoms with Gasteiger partial charge in [-0.05, 0) is 56.5 Å². The highest BCUT2D eigenvalue weighted by Gasteiger charge is 2.47. The van der Waals surface area contributed by atoms with Crippen LogP contribution in [0.3, 0.4) is 0 Å². The molecule has 0 aromatic carbocycles. The lowest BCUT2D eigenvalue weighted by molar-refractivity contribution is -0.0234. The molecular formula is C11H21N. The van der Waals surface area contributed by atoms with Gasteiger partial charge in [0.15, 0.2) is 0 Å². The van der Waals surface area contributed by atoms with Gasteiger partial charge in [-0.2, -0.15) is 0 Å². The number of rotatable bonds is 4. The summed E-state index contributed by atoms with van der Waals surface area (Å²) < 4.78 is 0. The fourth-order valence-electron chi connectivity index (χ4n) is 2.88. The van der Waals surface area contributed by atoms with Gasteiger partial charge in [-0.1, -0.05) is 13.3 Å². The SMILES string of the molecule is CCCNCC1CC2(CCC2)C1. The summed E-state index contributed by atoms with van der Waals surface area (Å²) in [6.45, 7) is 4.74. The van der Waals surface area contributed by atoms with Gasteiger partial charge in [0.05, 0.1) is 0 Å². The van der Waals surface area contributed by atoms with Crippen LogP contribution in [0.1, 0.15) is 45.4 Å². The van der Waals surface area contributed by atoms with Crippen molar-refractivity contribution in [2.45, 2.75) is 45.4 Å². The summed E-state index contributed by atoms with van der Waals surface area (Å²) in [6.07, 6.45) is 8.93. The Hall–Kier alpha value is -0.0400. The second kappa shape index (κ2) is 3.37. The zero-order valence-electron chi connectivity index (χ0n) is 8.23. The Labute approximate surface area is 75.9 Å². The first-order valence-electron chi connectivity index (χ1n) is 5.55. The minimum absolute atomic E-state index is 0.874. The van der Waals surface area contributed by atoms with E-state index in [1.807, 2.05) is 0 Å². The molecular weight excluding hydrogens is 146 g/mol. The molecule has 0 unspecified atom stereocenters. The van der Waals surface area contributed by atoms with Crippen LogP contribution >= 0.6 is 0 Å². The van der Waals surface area contributed by atoms with Crippen molar-refractivity contribution >= 4 is 0 Å². The molecule has 0 heterocycles. The molecule has 0 bridgehead atoms. The molecule has 0 aromatic heterocycles. The molecule has 12 heavy (non-hydrogen) atoms. The summed E-state index contributed by atoms with van der Waals surface area (Å²) in [5.41, 5.74) is 0.874. The number of hydrogen-bond donors (Lipinski definition) is 1. The lowest BCUT2D eigenvalue weighted by Crippen LogP contribution is -2.46. The maximum Gasteiger partial charge on any atom is -0.00201 e. The van der Waals surface area contributed by atoms with Crippen molar-refractivity contribution in [3.8, 4) is 0 Å². The van der Waals surface area contributed by atoms with Gasteiger partial charge < -0.3 is 5.32 Å². The Bertz CT molecular complexity index is 141. The molecule has 0 amide bonds. The first-order valence-corrected chi connectivity index (χ1v) is 5.55. The van der Waals surface area contributed by atoms with E-state index >= 15 is 0 Å². The molecule has 2 aliphatic carbocycles. The molecule has 1 N–H and O–H groups in total. The van der Waals surface area contributed by atoms with Crippen LogP contribution in [0.5, 0.6) is 0 Å². The summed E-state index contributed by atoms with van der Waals surface area (Å²) in [7, 11) is 0. The summed E-state index contributed by atoms with van der Waals surface area (Å²) in [5.74, 6) is 1.02. The minimum Gasteiger partial charge on any atom is -0.316 e. The molecule has 2 aliphatic rings. The lowest BCUT2D eigenvalue weighted by atomic mass is 9.52. The Kier molecular flexibility index (Phi) is 2.40. The van der Waals surface area contributed by atoms with Crippen molar-refractivity contribution in [1.82, 2.24) is 5.32 Å². The molecule has 1 spiro atoms. The summed E-state index contributed by atoms with van der Waals surface area (Å²) in [5, 5.41) is 3.52. The van der Waals surface area contributed by atoms with Crippen LogP contribution < -0.4 is 5.32 Å². The van der Waals surface area contributed by atoms with E-state index in [1.54, 1.807) is 0 Å². The fourth-order valence-corrected chi connectivity index (χ4v) is 2.88. The zero-order valence-corrected chi connectivity index (χ0v) is 8.23. The zero-order chi connectivity index (χ0) is 8.44. The predicted molar refractivity (Wildman–Crippen MR) is 52.2 cm³/mol. The smallest absolute Gasteiger partial charge is 0.00201 e. The molecule has 0 atom stereocenters. The molecule has 0 aliphatic heterocycles. The van der Waals surface area contributed by atoms with Gasteiger partial charge in [0.25, 0.3) is 0 Å². The third kappa shape index (κ3) is 1.52. The van der Waals surface area contributed by atoms with Crippen molar-refractivity contribution in [1.29, 1.82) is 0 Å². The second-order valence-electron chi connectivity index (χ2n) is 4.83. The van der Waals surface area contributed by atoms with Crippen molar-refractivity contribution in [3.63, 3.8) is 0 Å². The summed E-state index contributed by atoms with van der Waals surface area (Å²) in [6, 6.07) is 0. The monoisotopic (exact) mass is 167 g/mol. The van der Waals surface area contributed by atoms with E-state index < -0.39 is 0 Å². The topological polar surface area (TPSA) is 12.0 Å². The highest BCUT2D eigenvalue weighted by molar-refractivity contribution is 4.99. The number of nitrogens with one attached hydrogen (secondary N) is 1. The van der Waals surface area contributed by atoms with Crippen molar-refractivity contribution < 1.29 is 0 Å². The highest BCUT2D eigenvalue weighted by atomic mass is 14.9. The molecule has 0 aromatic rings. The number of hydrogen-bond acceptors (Lipinski definition) is 1. The van der Waals surface area contributed by atoms with Gasteiger partial charge in [0.2, 0.25) is 0 Å². The van der Waals surface area contributed by atoms with Crippen LogP contribution in [0.15, 0.2) is 0 Å². The lowest BCUT2D eigenvalue weighted by Gasteiger charge is -2.54. The average molecular weight is 167 g/mol. The molecule has 2 saturated carbocycles. The molecule has 70 valence electrons. The molecule has 0 saturated heterocycles. The standard InChI is InChI=1S/C11H21N/c1-2-6-12-9-10-7-11(8-10)4-3-5-11/h10,12H,2-9H2,1H3. The Morgan fingerprint density at radius 3 is 2.58 bits per heavy atom. The quantitative estimate of drug-likeness (QED) is 0.635. The first-order chi connectivity index (χ1) is 5.85. The van der Waals surface area contributed by atoms with Crippen molar-refractivity contribution in [3.05, 3.63) is 0 Å². The van der Waals surface area contributed by atoms with Gasteiger partial charge >= 0.3 is 0 Å². The van der Waals surface area contributed by atoms with Crippen LogP contribution in [0.25, 0.3) is 0 Å². The van der Waals surface area contributed by atoms with Crippen LogP contribution in [-0.2, 0) is 0 Å². The van der Waals surface area contributed by atoms with E-state index in [0.717, 1.165) is 11.3 Å². The first kappa shape index (κ1) is 8.55. The highest BCUT2D eigenvalue weighted by Crippen LogP contribution is 2.58. The van der Waals surface area contributed by atoms with E-state index in [4.69, 9.17) is 0 Å². The maximum atomic E-state index is 3.52. The van der Waals surface area contributed by atoms with Crippen LogP contribution in [0.2, 0.25) is 0 Å². The van der Waals surface area contributed by atoms with Crippen LogP contribution in [0.4, 0.5) is 0 Å². The van der Waals surface area contributed by atoms with Crippen LogP contribution in [-0.4, -0.2) is 13.1 Å². The summed E-state index contributed by atoms with van der Waals surface area (Å²) in [4.78, 5) is 0. The molecule has 2 rings (SSSR count). The molecule has 0 radical (unpaired) electrons. The third-order valence-corrected chi connectivity index (χ3v) is 3.72. The van der Waals surface area contributed by atoms with Gasteiger partial charge in [0, 0.05) is 0 Å². The van der Waals surface area contributed by atoms with Gasteiger partial charge in [-0.25, -0.2) is 0 Å². The van der Waals surface area contributed by atoms with Gasteiger partial charge in [0.1, 0.15) is 0 Å². The van der Waals surface area contributed by atoms with Crippen molar-refractivity contribution in [2.75, 3.05) is 13.1 Å². The Balaban J connectivity index is 1.56. The van der Waals surface area contributed by atoms with E-state index in [-0.39, 0.29) is 0 Å². The van der Waals surface area contributed by atoms with E-state index in [2.05, 4.69) is 12.2 Å². The largest absolute Gasteiger partial charge is 0.316 e. The fraction of sp³-hybridized carbons (Fsp3) is 1.00. The van der Waals surface area contributed by atoms with Crippen LogP contribution in [0, 0.1) is 11.3 Å². The van der Waals surface area contributed by atoms with E-state index in [1.165, 1.54) is 51.6 Å². The van der Waals surface area contributed by atoms with E-state index in [9.17, 15) is 0 Å². The molecule has 1 heteroatoms. The van der Waals surface area contributed by atoms with E-state index in [0.29, 0.717) is 0 Å². The normalized spacial score (nSPS) is 26.8. The predicted octanol–water partition coefficient (Wildman–Crippen LogP) is 2.57.